The van der Waals surface area contributed by atoms with Crippen LogP contribution in [-0.2, 0) is 11.2 Å². The van der Waals surface area contributed by atoms with Crippen LogP contribution in [0.25, 0.3) is 0 Å². The van der Waals surface area contributed by atoms with E-state index in [0.29, 0.717) is 18.3 Å². The molecule has 0 aliphatic rings. The van der Waals surface area contributed by atoms with Crippen LogP contribution in [0.5, 0.6) is 0 Å². The highest BCUT2D eigenvalue weighted by Gasteiger charge is 2.07. The lowest BCUT2D eigenvalue weighted by atomic mass is 10.2. The number of nitrogens with zero attached hydrogens (tertiary/aromatic N) is 2. The second-order valence-electron chi connectivity index (χ2n) is 4.29. The van der Waals surface area contributed by atoms with Crippen LogP contribution in [0.15, 0.2) is 24.3 Å². The number of methoxy groups -OCH3 is 1. The minimum absolute atomic E-state index is 0.295. The SMILES string of the molecule is COCC(O)CNc1nnc(Cc2ccc(Cl)cc2)s1. The minimum atomic E-state index is -0.552. The van der Waals surface area contributed by atoms with E-state index in [2.05, 4.69) is 15.5 Å². The first-order valence-corrected chi connectivity index (χ1v) is 7.34. The Kier molecular flexibility index (Phi) is 5.72. The molecular weight excluding hydrogens is 298 g/mol. The van der Waals surface area contributed by atoms with Crippen LogP contribution >= 0.6 is 22.9 Å². The van der Waals surface area contributed by atoms with Crippen LogP contribution in [-0.4, -0.2) is 41.7 Å². The molecule has 7 heteroatoms. The molecule has 2 rings (SSSR count). The lowest BCUT2D eigenvalue weighted by molar-refractivity contribution is 0.0727. The highest BCUT2D eigenvalue weighted by molar-refractivity contribution is 7.15. The highest BCUT2D eigenvalue weighted by atomic mass is 35.5. The summed E-state index contributed by atoms with van der Waals surface area (Å²) in [4.78, 5) is 0. The molecule has 0 bridgehead atoms. The van der Waals surface area contributed by atoms with Crippen LogP contribution in [0, 0.1) is 0 Å². The number of benzene rings is 1. The fourth-order valence-corrected chi connectivity index (χ4v) is 2.54. The van der Waals surface area contributed by atoms with E-state index in [9.17, 15) is 5.11 Å². The molecule has 1 aromatic heterocycles. The second-order valence-corrected chi connectivity index (χ2v) is 5.79. The van der Waals surface area contributed by atoms with Gasteiger partial charge in [0, 0.05) is 25.1 Å². The van der Waals surface area contributed by atoms with Crippen LogP contribution in [0.1, 0.15) is 10.6 Å². The zero-order valence-corrected chi connectivity index (χ0v) is 12.6. The van der Waals surface area contributed by atoms with Crippen LogP contribution in [0.2, 0.25) is 5.02 Å². The average Bonchev–Trinajstić information content (AvgIpc) is 2.87. The number of anilines is 1. The van der Waals surface area contributed by atoms with Crippen molar-refractivity contribution in [2.24, 2.45) is 0 Å². The van der Waals surface area contributed by atoms with E-state index in [1.807, 2.05) is 24.3 Å². The normalized spacial score (nSPS) is 12.3. The second kappa shape index (κ2) is 7.54. The zero-order chi connectivity index (χ0) is 14.4. The third-order valence-corrected chi connectivity index (χ3v) is 3.72. The first kappa shape index (κ1) is 15.2. The van der Waals surface area contributed by atoms with Gasteiger partial charge in [-0.05, 0) is 17.7 Å². The summed E-state index contributed by atoms with van der Waals surface area (Å²) in [7, 11) is 1.55. The smallest absolute Gasteiger partial charge is 0.205 e. The monoisotopic (exact) mass is 313 g/mol. The molecule has 1 aromatic carbocycles. The number of aliphatic hydroxyl groups excluding tert-OH is 1. The Morgan fingerprint density at radius 2 is 2.10 bits per heavy atom. The molecule has 5 nitrogen and oxygen atoms in total. The summed E-state index contributed by atoms with van der Waals surface area (Å²) in [6.07, 6.45) is 0.167. The number of hydrogen-bond acceptors (Lipinski definition) is 6. The Hall–Kier alpha value is -1.21. The molecule has 0 aliphatic carbocycles. The van der Waals surface area contributed by atoms with Gasteiger partial charge in [-0.25, -0.2) is 0 Å². The van der Waals surface area contributed by atoms with E-state index in [0.717, 1.165) is 22.0 Å². The molecule has 0 fully saturated rings. The summed E-state index contributed by atoms with van der Waals surface area (Å²) in [5.41, 5.74) is 1.14. The number of hydrogen-bond donors (Lipinski definition) is 2. The third kappa shape index (κ3) is 4.72. The Morgan fingerprint density at radius 1 is 1.35 bits per heavy atom. The number of ether oxygens (including phenoxy) is 1. The van der Waals surface area contributed by atoms with Gasteiger partial charge in [-0.3, -0.25) is 0 Å². The summed E-state index contributed by atoms with van der Waals surface area (Å²) < 4.78 is 4.85. The van der Waals surface area contributed by atoms with Gasteiger partial charge < -0.3 is 15.2 Å². The van der Waals surface area contributed by atoms with E-state index < -0.39 is 6.10 Å². The summed E-state index contributed by atoms with van der Waals surface area (Å²) in [6.45, 7) is 0.687. The molecule has 2 N–H and O–H groups in total. The topological polar surface area (TPSA) is 67.3 Å². The van der Waals surface area contributed by atoms with E-state index in [4.69, 9.17) is 16.3 Å². The Morgan fingerprint density at radius 3 is 2.80 bits per heavy atom. The first-order chi connectivity index (χ1) is 9.67. The van der Waals surface area contributed by atoms with E-state index in [1.54, 1.807) is 7.11 Å². The Bertz CT molecular complexity index is 533. The number of nitrogens with one attached hydrogen (secondary N) is 1. The maximum Gasteiger partial charge on any atom is 0.205 e. The van der Waals surface area contributed by atoms with Gasteiger partial charge in [0.25, 0.3) is 0 Å². The lowest BCUT2D eigenvalue weighted by Gasteiger charge is -2.08. The predicted octanol–water partition coefficient (Wildman–Crippen LogP) is 2.20. The van der Waals surface area contributed by atoms with Crippen molar-refractivity contribution in [3.63, 3.8) is 0 Å². The third-order valence-electron chi connectivity index (χ3n) is 2.58. The highest BCUT2D eigenvalue weighted by Crippen LogP contribution is 2.19. The van der Waals surface area contributed by atoms with E-state index >= 15 is 0 Å². The Balaban J connectivity index is 1.87. The van der Waals surface area contributed by atoms with Crippen molar-refractivity contribution in [2.45, 2.75) is 12.5 Å². The lowest BCUT2D eigenvalue weighted by Crippen LogP contribution is -2.24. The van der Waals surface area contributed by atoms with Crippen molar-refractivity contribution in [3.8, 4) is 0 Å². The molecule has 0 radical (unpaired) electrons. The molecular formula is C13H16ClN3O2S. The molecule has 0 aliphatic heterocycles. The van der Waals surface area contributed by atoms with Gasteiger partial charge >= 0.3 is 0 Å². The van der Waals surface area contributed by atoms with Gasteiger partial charge in [0.05, 0.1) is 12.7 Å². The van der Waals surface area contributed by atoms with Gasteiger partial charge in [-0.2, -0.15) is 0 Å². The summed E-state index contributed by atoms with van der Waals surface area (Å²) in [6, 6.07) is 7.66. The van der Waals surface area contributed by atoms with Crippen molar-refractivity contribution in [1.29, 1.82) is 0 Å². The minimum Gasteiger partial charge on any atom is -0.389 e. The molecule has 2 aromatic rings. The average molecular weight is 314 g/mol. The zero-order valence-electron chi connectivity index (χ0n) is 11.0. The van der Waals surface area contributed by atoms with E-state index in [1.165, 1.54) is 11.3 Å². The number of aliphatic hydroxyl groups is 1. The van der Waals surface area contributed by atoms with Crippen LogP contribution in [0.4, 0.5) is 5.13 Å². The number of aromatic nitrogens is 2. The summed E-state index contributed by atoms with van der Waals surface area (Å²) in [5.74, 6) is 0. The van der Waals surface area contributed by atoms with Crippen molar-refractivity contribution >= 4 is 28.1 Å². The van der Waals surface area contributed by atoms with Crippen molar-refractivity contribution < 1.29 is 9.84 Å². The fraction of sp³-hybridized carbons (Fsp3) is 0.385. The molecule has 0 saturated carbocycles. The first-order valence-electron chi connectivity index (χ1n) is 6.15. The molecule has 0 spiro atoms. The molecule has 1 heterocycles. The largest absolute Gasteiger partial charge is 0.389 e. The molecule has 0 saturated heterocycles. The van der Waals surface area contributed by atoms with Gasteiger partial charge in [-0.15, -0.1) is 10.2 Å². The van der Waals surface area contributed by atoms with Gasteiger partial charge in [-0.1, -0.05) is 35.1 Å². The molecule has 20 heavy (non-hydrogen) atoms. The van der Waals surface area contributed by atoms with Gasteiger partial charge in [0.2, 0.25) is 5.13 Å². The van der Waals surface area contributed by atoms with E-state index in [-0.39, 0.29) is 0 Å². The molecule has 0 amide bonds. The van der Waals surface area contributed by atoms with Crippen molar-refractivity contribution in [2.75, 3.05) is 25.6 Å². The molecule has 1 unspecified atom stereocenters. The van der Waals surface area contributed by atoms with Gasteiger partial charge in [0.1, 0.15) is 5.01 Å². The fourth-order valence-electron chi connectivity index (χ4n) is 1.63. The van der Waals surface area contributed by atoms with Crippen LogP contribution < -0.4 is 5.32 Å². The molecule has 1 atom stereocenters. The quantitative estimate of drug-likeness (QED) is 0.820. The number of rotatable bonds is 7. The number of halogens is 1. The maximum atomic E-state index is 9.53. The van der Waals surface area contributed by atoms with Crippen LogP contribution in [0.3, 0.4) is 0 Å². The van der Waals surface area contributed by atoms with Gasteiger partial charge in [0.15, 0.2) is 0 Å². The molecule has 108 valence electrons. The predicted molar refractivity (Wildman–Crippen MR) is 80.5 cm³/mol. The standard InChI is InChI=1S/C13H16ClN3O2S/c1-19-8-11(18)7-15-13-17-16-12(20-13)6-9-2-4-10(14)5-3-9/h2-5,11,18H,6-8H2,1H3,(H,15,17). The van der Waals surface area contributed by atoms with Crippen molar-refractivity contribution in [1.82, 2.24) is 10.2 Å². The summed E-state index contributed by atoms with van der Waals surface area (Å²) >= 11 is 7.32. The summed E-state index contributed by atoms with van der Waals surface area (Å²) in [5, 5.41) is 23.1. The Labute approximate surface area is 126 Å². The maximum absolute atomic E-state index is 9.53. The van der Waals surface area contributed by atoms with Crippen molar-refractivity contribution in [3.05, 3.63) is 39.9 Å².